The van der Waals surface area contributed by atoms with Gasteiger partial charge in [-0.25, -0.2) is 16.8 Å². The van der Waals surface area contributed by atoms with Crippen molar-refractivity contribution >= 4 is 25.8 Å². The molecule has 3 rings (SSSR count). The Labute approximate surface area is 171 Å². The van der Waals surface area contributed by atoms with Crippen LogP contribution in [-0.4, -0.2) is 89.1 Å². The highest BCUT2D eigenvalue weighted by Crippen LogP contribution is 2.30. The minimum absolute atomic E-state index is 0.0908. The summed E-state index contributed by atoms with van der Waals surface area (Å²) in [6, 6.07) is 3.29. The molecule has 1 aromatic carbocycles. The van der Waals surface area contributed by atoms with Gasteiger partial charge in [0.1, 0.15) is 11.5 Å². The highest BCUT2D eigenvalue weighted by atomic mass is 32.2. The minimum atomic E-state index is -3.70. The van der Waals surface area contributed by atoms with Gasteiger partial charge in [0.2, 0.25) is 10.0 Å². The van der Waals surface area contributed by atoms with Gasteiger partial charge in [-0.2, -0.15) is 4.31 Å². The van der Waals surface area contributed by atoms with Crippen molar-refractivity contribution in [3.63, 3.8) is 0 Å². The number of methoxy groups -OCH3 is 2. The van der Waals surface area contributed by atoms with E-state index in [9.17, 15) is 21.6 Å². The molecule has 0 saturated carbocycles. The molecule has 9 nitrogen and oxygen atoms in total. The molecule has 0 aromatic heterocycles. The summed E-state index contributed by atoms with van der Waals surface area (Å²) in [5, 5.41) is -0.889. The Morgan fingerprint density at radius 1 is 1.07 bits per heavy atom. The Hall–Kier alpha value is -1.85. The lowest BCUT2D eigenvalue weighted by Gasteiger charge is -2.35. The molecule has 2 fully saturated rings. The summed E-state index contributed by atoms with van der Waals surface area (Å²) in [6.45, 7) is 2.58. The molecule has 1 amide bonds. The van der Waals surface area contributed by atoms with Gasteiger partial charge in [-0.1, -0.05) is 0 Å². The van der Waals surface area contributed by atoms with E-state index in [-0.39, 0.29) is 50.0 Å². The lowest BCUT2D eigenvalue weighted by atomic mass is 10.1. The average molecular weight is 447 g/mol. The van der Waals surface area contributed by atoms with Crippen molar-refractivity contribution in [1.29, 1.82) is 0 Å². The third-order valence-corrected chi connectivity index (χ3v) is 9.81. The van der Waals surface area contributed by atoms with Crippen molar-refractivity contribution in [3.8, 4) is 11.5 Å². The van der Waals surface area contributed by atoms with Crippen molar-refractivity contribution in [3.05, 3.63) is 23.3 Å². The van der Waals surface area contributed by atoms with E-state index >= 15 is 0 Å². The standard InChI is InChI=1S/C18H26N2O7S2/c1-13-16(26-2)10-14(11-17(13)27-3)18(21)19-5-7-20(8-6-19)29(24,25)15-4-9-28(22,23)12-15/h10-11,15H,4-9,12H2,1-3H3. The third-order valence-electron chi connectivity index (χ3n) is 5.50. The molecular formula is C18H26N2O7S2. The minimum Gasteiger partial charge on any atom is -0.496 e. The van der Waals surface area contributed by atoms with Gasteiger partial charge in [0.25, 0.3) is 5.91 Å². The molecule has 2 aliphatic rings. The Kier molecular flexibility index (Phi) is 6.11. The van der Waals surface area contributed by atoms with Gasteiger partial charge >= 0.3 is 0 Å². The lowest BCUT2D eigenvalue weighted by Crippen LogP contribution is -2.52. The number of hydrogen-bond acceptors (Lipinski definition) is 7. The maximum absolute atomic E-state index is 12.9. The van der Waals surface area contributed by atoms with Crippen LogP contribution in [0.4, 0.5) is 0 Å². The zero-order valence-electron chi connectivity index (χ0n) is 16.8. The summed E-state index contributed by atoms with van der Waals surface area (Å²) in [5.74, 6) is 0.430. The largest absolute Gasteiger partial charge is 0.496 e. The summed E-state index contributed by atoms with van der Waals surface area (Å²) < 4.78 is 60.7. The smallest absolute Gasteiger partial charge is 0.254 e. The maximum Gasteiger partial charge on any atom is 0.254 e. The van der Waals surface area contributed by atoms with Gasteiger partial charge in [-0.15, -0.1) is 0 Å². The molecule has 1 unspecified atom stereocenters. The molecule has 1 atom stereocenters. The molecule has 162 valence electrons. The van der Waals surface area contributed by atoms with Crippen LogP contribution < -0.4 is 9.47 Å². The first-order valence-corrected chi connectivity index (χ1v) is 12.6. The van der Waals surface area contributed by atoms with E-state index in [4.69, 9.17) is 9.47 Å². The van der Waals surface area contributed by atoms with Crippen LogP contribution in [-0.2, 0) is 19.9 Å². The van der Waals surface area contributed by atoms with Crippen LogP contribution in [0.15, 0.2) is 12.1 Å². The molecular weight excluding hydrogens is 420 g/mol. The number of carbonyl (C=O) groups is 1. The predicted molar refractivity (Wildman–Crippen MR) is 108 cm³/mol. The fraction of sp³-hybridized carbons (Fsp3) is 0.611. The lowest BCUT2D eigenvalue weighted by molar-refractivity contribution is 0.0696. The molecule has 2 saturated heterocycles. The topological polar surface area (TPSA) is 110 Å². The monoisotopic (exact) mass is 446 g/mol. The summed E-state index contributed by atoms with van der Waals surface area (Å²) in [6.07, 6.45) is 0.132. The van der Waals surface area contributed by atoms with E-state index in [1.807, 2.05) is 6.92 Å². The number of piperazine rings is 1. The van der Waals surface area contributed by atoms with E-state index in [2.05, 4.69) is 0 Å². The summed E-state index contributed by atoms with van der Waals surface area (Å²) >= 11 is 0. The van der Waals surface area contributed by atoms with Crippen LogP contribution in [0, 0.1) is 6.92 Å². The zero-order valence-corrected chi connectivity index (χ0v) is 18.4. The number of amides is 1. The fourth-order valence-electron chi connectivity index (χ4n) is 3.74. The van der Waals surface area contributed by atoms with Gasteiger partial charge in [-0.05, 0) is 25.5 Å². The van der Waals surface area contributed by atoms with Crippen LogP contribution in [0.3, 0.4) is 0 Å². The molecule has 0 aliphatic carbocycles. The highest BCUT2D eigenvalue weighted by Gasteiger charge is 2.41. The third kappa shape index (κ3) is 4.36. The number of rotatable bonds is 5. The van der Waals surface area contributed by atoms with E-state index in [0.29, 0.717) is 17.1 Å². The number of nitrogens with zero attached hydrogens (tertiary/aromatic N) is 2. The first-order chi connectivity index (χ1) is 13.6. The molecule has 0 spiro atoms. The van der Waals surface area contributed by atoms with E-state index in [1.165, 1.54) is 18.5 Å². The zero-order chi connectivity index (χ0) is 21.4. The Bertz CT molecular complexity index is 972. The van der Waals surface area contributed by atoms with Gasteiger partial charge in [0.05, 0.1) is 31.0 Å². The number of sulfone groups is 1. The molecule has 0 radical (unpaired) electrons. The van der Waals surface area contributed by atoms with Gasteiger partial charge < -0.3 is 14.4 Å². The molecule has 2 aliphatic heterocycles. The number of benzene rings is 1. The second-order valence-electron chi connectivity index (χ2n) is 7.27. The maximum atomic E-state index is 12.9. The SMILES string of the molecule is COc1cc(C(=O)N2CCN(S(=O)(=O)C3CCS(=O)(=O)C3)CC2)cc(OC)c1C. The van der Waals surface area contributed by atoms with Gasteiger partial charge in [0.15, 0.2) is 9.84 Å². The highest BCUT2D eigenvalue weighted by molar-refractivity contribution is 7.95. The summed E-state index contributed by atoms with van der Waals surface area (Å²) in [7, 11) is -3.95. The Morgan fingerprint density at radius 2 is 1.62 bits per heavy atom. The van der Waals surface area contributed by atoms with Crippen molar-refractivity contribution in [2.75, 3.05) is 51.9 Å². The van der Waals surface area contributed by atoms with E-state index in [1.54, 1.807) is 17.0 Å². The average Bonchev–Trinajstić information content (AvgIpc) is 3.08. The second kappa shape index (κ2) is 8.11. The van der Waals surface area contributed by atoms with Gasteiger partial charge in [-0.3, -0.25) is 4.79 Å². The normalized spacial score (nSPS) is 22.4. The fourth-order valence-corrected chi connectivity index (χ4v) is 8.26. The number of carbonyl (C=O) groups excluding carboxylic acids is 1. The van der Waals surface area contributed by atoms with Crippen molar-refractivity contribution in [1.82, 2.24) is 9.21 Å². The van der Waals surface area contributed by atoms with E-state index < -0.39 is 25.1 Å². The van der Waals surface area contributed by atoms with Crippen LogP contribution in [0.5, 0.6) is 11.5 Å². The Balaban J connectivity index is 1.70. The molecule has 1 aromatic rings. The first-order valence-electron chi connectivity index (χ1n) is 9.30. The van der Waals surface area contributed by atoms with E-state index in [0.717, 1.165) is 5.56 Å². The molecule has 0 bridgehead atoms. The first kappa shape index (κ1) is 21.8. The predicted octanol–water partition coefficient (Wildman–Crippen LogP) is 0.287. The number of hydrogen-bond donors (Lipinski definition) is 0. The summed E-state index contributed by atoms with van der Waals surface area (Å²) in [4.78, 5) is 14.5. The number of ether oxygens (including phenoxy) is 2. The molecule has 2 heterocycles. The van der Waals surface area contributed by atoms with Gasteiger partial charge in [0, 0.05) is 37.3 Å². The van der Waals surface area contributed by atoms with Crippen molar-refractivity contribution in [2.45, 2.75) is 18.6 Å². The van der Waals surface area contributed by atoms with Crippen LogP contribution >= 0.6 is 0 Å². The quantitative estimate of drug-likeness (QED) is 0.639. The van der Waals surface area contributed by atoms with Crippen LogP contribution in [0.2, 0.25) is 0 Å². The molecule has 11 heteroatoms. The second-order valence-corrected chi connectivity index (χ2v) is 11.7. The molecule has 29 heavy (non-hydrogen) atoms. The number of sulfonamides is 1. The summed E-state index contributed by atoms with van der Waals surface area (Å²) in [5.41, 5.74) is 1.19. The van der Waals surface area contributed by atoms with Crippen molar-refractivity contribution in [2.24, 2.45) is 0 Å². The van der Waals surface area contributed by atoms with Crippen LogP contribution in [0.25, 0.3) is 0 Å². The van der Waals surface area contributed by atoms with Crippen molar-refractivity contribution < 1.29 is 31.1 Å². The van der Waals surface area contributed by atoms with Crippen LogP contribution in [0.1, 0.15) is 22.3 Å². The molecule has 0 N–H and O–H groups in total. The Morgan fingerprint density at radius 3 is 2.07 bits per heavy atom.